The molecule has 0 bridgehead atoms. The maximum absolute atomic E-state index is 11.4. The van der Waals surface area contributed by atoms with Crippen LogP contribution in [0.5, 0.6) is 0 Å². The molecular weight excluding hydrogens is 202 g/mol. The highest BCUT2D eigenvalue weighted by molar-refractivity contribution is 7.99. The Morgan fingerprint density at radius 2 is 2.29 bits per heavy atom. The summed E-state index contributed by atoms with van der Waals surface area (Å²) in [5.41, 5.74) is 0. The van der Waals surface area contributed by atoms with Gasteiger partial charge in [0.2, 0.25) is 0 Å². The lowest BCUT2D eigenvalue weighted by atomic mass is 10.3. The van der Waals surface area contributed by atoms with Crippen molar-refractivity contribution in [3.63, 3.8) is 0 Å². The number of carbonyl (C=O) groups excluding carboxylic acids is 1. The Morgan fingerprint density at radius 1 is 1.57 bits per heavy atom. The van der Waals surface area contributed by atoms with Crippen molar-refractivity contribution in [2.75, 3.05) is 31.3 Å². The molecule has 84 valence electrons. The minimum atomic E-state index is -0.253. The fraction of sp³-hybridized carbons (Fsp3) is 0.889. The summed E-state index contributed by atoms with van der Waals surface area (Å²) in [5, 5.41) is 11.6. The molecule has 0 spiro atoms. The average molecular weight is 221 g/mol. The number of hydrogen-bond acceptors (Lipinski definition) is 5. The van der Waals surface area contributed by atoms with Gasteiger partial charge in [-0.15, -0.1) is 0 Å². The highest BCUT2D eigenvalue weighted by Crippen LogP contribution is 2.03. The van der Waals surface area contributed by atoms with Gasteiger partial charge in [0.25, 0.3) is 0 Å². The summed E-state index contributed by atoms with van der Waals surface area (Å²) in [6, 6.07) is -0.253. The second kappa shape index (κ2) is 9.30. The average Bonchev–Trinajstić information content (AvgIpc) is 2.17. The van der Waals surface area contributed by atoms with Crippen molar-refractivity contribution >= 4 is 17.7 Å². The first-order valence-electron chi connectivity index (χ1n) is 4.84. The summed E-state index contributed by atoms with van der Waals surface area (Å²) in [7, 11) is 0. The van der Waals surface area contributed by atoms with Gasteiger partial charge < -0.3 is 15.2 Å². The van der Waals surface area contributed by atoms with Gasteiger partial charge in [0.05, 0.1) is 13.2 Å². The van der Waals surface area contributed by atoms with E-state index in [1.165, 1.54) is 0 Å². The normalized spacial score (nSPS) is 12.5. The lowest BCUT2D eigenvalue weighted by Gasteiger charge is -2.15. The van der Waals surface area contributed by atoms with E-state index in [4.69, 9.17) is 9.84 Å². The molecule has 0 aromatic carbocycles. The van der Waals surface area contributed by atoms with E-state index in [-0.39, 0.29) is 18.6 Å². The highest BCUT2D eigenvalue weighted by atomic mass is 32.2. The van der Waals surface area contributed by atoms with Crippen LogP contribution in [0, 0.1) is 0 Å². The number of aliphatic hydroxyl groups is 1. The Kier molecular flexibility index (Phi) is 9.13. The number of aliphatic hydroxyl groups excluding tert-OH is 1. The van der Waals surface area contributed by atoms with E-state index in [1.54, 1.807) is 18.7 Å². The zero-order valence-electron chi connectivity index (χ0n) is 8.78. The van der Waals surface area contributed by atoms with Crippen molar-refractivity contribution in [3.8, 4) is 0 Å². The van der Waals surface area contributed by atoms with Crippen LogP contribution in [0.1, 0.15) is 13.8 Å². The largest absolute Gasteiger partial charge is 0.465 e. The van der Waals surface area contributed by atoms with Gasteiger partial charge in [-0.2, -0.15) is 11.8 Å². The van der Waals surface area contributed by atoms with Crippen LogP contribution in [0.4, 0.5) is 0 Å². The molecule has 0 saturated heterocycles. The van der Waals surface area contributed by atoms with E-state index in [2.05, 4.69) is 5.32 Å². The van der Waals surface area contributed by atoms with E-state index in [0.29, 0.717) is 18.1 Å². The fourth-order valence-corrected chi connectivity index (χ4v) is 1.75. The second-order valence-electron chi connectivity index (χ2n) is 2.66. The predicted octanol–water partition coefficient (Wildman–Crippen LogP) is 0.253. The van der Waals surface area contributed by atoms with Crippen LogP contribution in [0.15, 0.2) is 0 Å². The molecule has 14 heavy (non-hydrogen) atoms. The molecule has 0 aliphatic rings. The number of ether oxygens (including phenoxy) is 1. The number of carbonyl (C=O) groups is 1. The van der Waals surface area contributed by atoms with Gasteiger partial charge >= 0.3 is 5.97 Å². The molecule has 1 unspecified atom stereocenters. The Bertz CT molecular complexity index is 155. The summed E-state index contributed by atoms with van der Waals surface area (Å²) < 4.78 is 4.91. The number of esters is 1. The summed E-state index contributed by atoms with van der Waals surface area (Å²) in [6.07, 6.45) is 0. The Morgan fingerprint density at radius 3 is 2.79 bits per heavy atom. The van der Waals surface area contributed by atoms with Crippen LogP contribution in [-0.4, -0.2) is 48.4 Å². The Hall–Kier alpha value is -0.260. The summed E-state index contributed by atoms with van der Waals surface area (Å²) in [4.78, 5) is 11.4. The lowest BCUT2D eigenvalue weighted by molar-refractivity contribution is -0.144. The third-order valence-corrected chi connectivity index (χ3v) is 2.58. The van der Waals surface area contributed by atoms with E-state index < -0.39 is 0 Å². The first-order chi connectivity index (χ1) is 6.76. The van der Waals surface area contributed by atoms with Crippen molar-refractivity contribution < 1.29 is 14.6 Å². The van der Waals surface area contributed by atoms with Crippen LogP contribution in [0.2, 0.25) is 0 Å². The van der Waals surface area contributed by atoms with Crippen LogP contribution in [0.3, 0.4) is 0 Å². The van der Waals surface area contributed by atoms with Gasteiger partial charge in [-0.05, 0) is 13.5 Å². The first kappa shape index (κ1) is 13.7. The van der Waals surface area contributed by atoms with Gasteiger partial charge in [0.1, 0.15) is 6.04 Å². The zero-order valence-corrected chi connectivity index (χ0v) is 9.60. The maximum Gasteiger partial charge on any atom is 0.323 e. The number of nitrogens with one attached hydrogen (secondary N) is 1. The number of thioether (sulfide) groups is 1. The van der Waals surface area contributed by atoms with Gasteiger partial charge in [-0.3, -0.25) is 4.79 Å². The van der Waals surface area contributed by atoms with E-state index in [1.807, 2.05) is 6.92 Å². The Labute approximate surface area is 89.4 Å². The van der Waals surface area contributed by atoms with Gasteiger partial charge in [-0.1, -0.05) is 6.92 Å². The molecule has 2 N–H and O–H groups in total. The molecule has 0 amide bonds. The molecule has 0 rings (SSSR count). The van der Waals surface area contributed by atoms with Crippen LogP contribution in [-0.2, 0) is 9.53 Å². The zero-order chi connectivity index (χ0) is 10.8. The quantitative estimate of drug-likeness (QED) is 0.454. The minimum Gasteiger partial charge on any atom is -0.465 e. The van der Waals surface area contributed by atoms with Crippen molar-refractivity contribution in [2.24, 2.45) is 0 Å². The minimum absolute atomic E-state index is 0.145. The van der Waals surface area contributed by atoms with E-state index in [0.717, 1.165) is 6.54 Å². The molecule has 1 atom stereocenters. The molecule has 0 fully saturated rings. The molecule has 4 nitrogen and oxygen atoms in total. The van der Waals surface area contributed by atoms with Crippen molar-refractivity contribution in [3.05, 3.63) is 0 Å². The molecule has 0 aromatic heterocycles. The topological polar surface area (TPSA) is 58.6 Å². The Balaban J connectivity index is 3.81. The van der Waals surface area contributed by atoms with Crippen LogP contribution >= 0.6 is 11.8 Å². The second-order valence-corrected chi connectivity index (χ2v) is 3.81. The molecule has 0 aliphatic carbocycles. The smallest absolute Gasteiger partial charge is 0.323 e. The molecule has 0 radical (unpaired) electrons. The molecule has 0 heterocycles. The standard InChI is InChI=1S/C9H19NO3S/c1-3-10-8(7-14-6-5-11)9(12)13-4-2/h8,10-11H,3-7H2,1-2H3. The van der Waals surface area contributed by atoms with Gasteiger partial charge in [-0.25, -0.2) is 0 Å². The summed E-state index contributed by atoms with van der Waals surface area (Å²) in [5.74, 6) is 1.09. The molecular formula is C9H19NO3S. The lowest BCUT2D eigenvalue weighted by Crippen LogP contribution is -2.40. The van der Waals surface area contributed by atoms with Crippen molar-refractivity contribution in [1.29, 1.82) is 0 Å². The van der Waals surface area contributed by atoms with E-state index >= 15 is 0 Å². The third-order valence-electron chi connectivity index (χ3n) is 1.54. The molecule has 0 saturated carbocycles. The number of rotatable bonds is 8. The van der Waals surface area contributed by atoms with Crippen LogP contribution in [0.25, 0.3) is 0 Å². The van der Waals surface area contributed by atoms with Crippen molar-refractivity contribution in [2.45, 2.75) is 19.9 Å². The summed E-state index contributed by atoms with van der Waals surface area (Å²) in [6.45, 7) is 5.03. The van der Waals surface area contributed by atoms with Gasteiger partial charge in [0.15, 0.2) is 0 Å². The highest BCUT2D eigenvalue weighted by Gasteiger charge is 2.17. The molecule has 5 heteroatoms. The molecule has 0 aliphatic heterocycles. The fourth-order valence-electron chi connectivity index (χ4n) is 0.965. The monoisotopic (exact) mass is 221 g/mol. The SMILES string of the molecule is CCNC(CSCCO)C(=O)OCC. The van der Waals surface area contributed by atoms with E-state index in [9.17, 15) is 4.79 Å². The molecule has 0 aromatic rings. The third kappa shape index (κ3) is 6.23. The van der Waals surface area contributed by atoms with Crippen LogP contribution < -0.4 is 5.32 Å². The maximum atomic E-state index is 11.4. The first-order valence-corrected chi connectivity index (χ1v) is 6.00. The number of hydrogen-bond donors (Lipinski definition) is 2. The van der Waals surface area contributed by atoms with Crippen molar-refractivity contribution in [1.82, 2.24) is 5.32 Å². The summed E-state index contributed by atoms with van der Waals surface area (Å²) >= 11 is 1.54. The van der Waals surface area contributed by atoms with Gasteiger partial charge in [0, 0.05) is 11.5 Å². The predicted molar refractivity (Wildman–Crippen MR) is 58.5 cm³/mol. The number of likely N-dealkylation sites (N-methyl/N-ethyl adjacent to an activating group) is 1.